The van der Waals surface area contributed by atoms with Crippen molar-refractivity contribution in [2.75, 3.05) is 13.7 Å². The summed E-state index contributed by atoms with van der Waals surface area (Å²) >= 11 is 0. The maximum atomic E-state index is 12.5. The van der Waals surface area contributed by atoms with E-state index in [1.807, 2.05) is 0 Å². The Kier molecular flexibility index (Phi) is 4.53. The number of methoxy groups -OCH3 is 1. The Balaban J connectivity index is 2.33. The summed E-state index contributed by atoms with van der Waals surface area (Å²) in [7, 11) is 1.47. The maximum absolute atomic E-state index is 12.5. The highest BCUT2D eigenvalue weighted by molar-refractivity contribution is 5.92. The van der Waals surface area contributed by atoms with E-state index in [0.29, 0.717) is 11.3 Å². The van der Waals surface area contributed by atoms with E-state index >= 15 is 0 Å². The van der Waals surface area contributed by atoms with Crippen molar-refractivity contribution in [1.29, 1.82) is 0 Å². The number of nitrogens with two attached hydrogens (primary N) is 1. The minimum atomic E-state index is -0.936. The van der Waals surface area contributed by atoms with Gasteiger partial charge >= 0.3 is 11.7 Å². The molecule has 1 aliphatic rings. The van der Waals surface area contributed by atoms with E-state index < -0.39 is 23.1 Å². The average molecular weight is 359 g/mol. The summed E-state index contributed by atoms with van der Waals surface area (Å²) in [4.78, 5) is 41.1. The second-order valence-electron chi connectivity index (χ2n) is 5.43. The Morgan fingerprint density at radius 2 is 2.00 bits per heavy atom. The first-order valence-corrected chi connectivity index (χ1v) is 7.81. The maximum Gasteiger partial charge on any atom is 0.340 e. The molecule has 9 heteroatoms. The van der Waals surface area contributed by atoms with Crippen LogP contribution in [0.25, 0.3) is 0 Å². The first-order valence-electron chi connectivity index (χ1n) is 7.81. The molecule has 0 radical (unpaired) electrons. The summed E-state index contributed by atoms with van der Waals surface area (Å²) < 4.78 is 15.8. The number of carbonyl (C=O) groups is 1. The molecule has 26 heavy (non-hydrogen) atoms. The second-order valence-corrected chi connectivity index (χ2v) is 5.43. The van der Waals surface area contributed by atoms with Gasteiger partial charge in [-0.2, -0.15) is 0 Å². The van der Waals surface area contributed by atoms with Crippen LogP contribution in [0.15, 0.2) is 45.3 Å². The zero-order valence-electron chi connectivity index (χ0n) is 14.1. The summed E-state index contributed by atoms with van der Waals surface area (Å²) in [6, 6.07) is 6.85. The van der Waals surface area contributed by atoms with Crippen LogP contribution in [0.3, 0.4) is 0 Å². The Morgan fingerprint density at radius 3 is 2.69 bits per heavy atom. The fraction of sp³-hybridized carbons (Fsp3) is 0.235. The van der Waals surface area contributed by atoms with Crippen LogP contribution >= 0.6 is 0 Å². The molecule has 0 bridgehead atoms. The van der Waals surface area contributed by atoms with Crippen LogP contribution in [-0.2, 0) is 9.53 Å². The van der Waals surface area contributed by atoms with Gasteiger partial charge in [0.1, 0.15) is 11.3 Å². The van der Waals surface area contributed by atoms with Crippen LogP contribution in [0.2, 0.25) is 0 Å². The SMILES string of the molecule is CCOC(=O)C1=C(N)Oc2[nH]c(=O)[nH]c(=O)c2C1c1ccccc1OC. The topological polar surface area (TPSA) is 136 Å². The largest absolute Gasteiger partial charge is 0.496 e. The molecule has 1 aromatic carbocycles. The first-order chi connectivity index (χ1) is 12.5. The van der Waals surface area contributed by atoms with E-state index in [9.17, 15) is 14.4 Å². The summed E-state index contributed by atoms with van der Waals surface area (Å²) in [6.07, 6.45) is 0. The lowest BCUT2D eigenvalue weighted by Crippen LogP contribution is -2.35. The highest BCUT2D eigenvalue weighted by Crippen LogP contribution is 2.42. The van der Waals surface area contributed by atoms with Gasteiger partial charge in [0.05, 0.1) is 25.2 Å². The van der Waals surface area contributed by atoms with E-state index in [1.165, 1.54) is 7.11 Å². The van der Waals surface area contributed by atoms with Gasteiger partial charge in [0.15, 0.2) is 0 Å². The molecule has 1 atom stereocenters. The van der Waals surface area contributed by atoms with Crippen molar-refractivity contribution >= 4 is 5.97 Å². The number of benzene rings is 1. The molecule has 3 rings (SSSR count). The molecule has 4 N–H and O–H groups in total. The number of rotatable bonds is 4. The molecular formula is C17H17N3O6. The Morgan fingerprint density at radius 1 is 1.27 bits per heavy atom. The third kappa shape index (κ3) is 2.83. The van der Waals surface area contributed by atoms with E-state index in [4.69, 9.17) is 19.9 Å². The number of ether oxygens (including phenoxy) is 3. The van der Waals surface area contributed by atoms with Gasteiger partial charge in [0, 0.05) is 5.56 Å². The number of aromatic nitrogens is 2. The quantitative estimate of drug-likeness (QED) is 0.669. The van der Waals surface area contributed by atoms with Crippen molar-refractivity contribution in [3.8, 4) is 11.6 Å². The van der Waals surface area contributed by atoms with E-state index in [2.05, 4.69) is 9.97 Å². The van der Waals surface area contributed by atoms with Crippen molar-refractivity contribution in [3.05, 3.63) is 67.7 Å². The number of aromatic amines is 2. The predicted molar refractivity (Wildman–Crippen MR) is 91.0 cm³/mol. The number of nitrogens with one attached hydrogen (secondary N) is 2. The van der Waals surface area contributed by atoms with Crippen LogP contribution in [0.1, 0.15) is 24.0 Å². The number of fused-ring (bicyclic) bond motifs is 1. The Labute approximate surface area is 147 Å². The van der Waals surface area contributed by atoms with Crippen LogP contribution in [0.5, 0.6) is 11.6 Å². The number of carbonyl (C=O) groups excluding carboxylic acids is 1. The molecule has 9 nitrogen and oxygen atoms in total. The fourth-order valence-electron chi connectivity index (χ4n) is 2.91. The molecule has 2 aromatic rings. The van der Waals surface area contributed by atoms with Crippen molar-refractivity contribution < 1.29 is 19.0 Å². The van der Waals surface area contributed by atoms with Crippen LogP contribution in [0, 0.1) is 0 Å². The highest BCUT2D eigenvalue weighted by atomic mass is 16.5. The summed E-state index contributed by atoms with van der Waals surface area (Å²) in [5.41, 5.74) is 4.97. The Bertz CT molecular complexity index is 1000. The molecule has 136 valence electrons. The van der Waals surface area contributed by atoms with Crippen LogP contribution in [-0.4, -0.2) is 29.7 Å². The number of para-hydroxylation sites is 1. The molecule has 2 heterocycles. The third-order valence-electron chi connectivity index (χ3n) is 3.94. The molecule has 0 spiro atoms. The number of hydrogen-bond donors (Lipinski definition) is 3. The van der Waals surface area contributed by atoms with E-state index in [0.717, 1.165) is 0 Å². The smallest absolute Gasteiger partial charge is 0.340 e. The second kappa shape index (κ2) is 6.79. The van der Waals surface area contributed by atoms with Gasteiger partial charge < -0.3 is 19.9 Å². The molecule has 0 amide bonds. The van der Waals surface area contributed by atoms with E-state index in [-0.39, 0.29) is 29.5 Å². The van der Waals surface area contributed by atoms with Gasteiger partial charge in [0.25, 0.3) is 5.56 Å². The number of esters is 1. The summed E-state index contributed by atoms with van der Waals surface area (Å²) in [5, 5.41) is 0. The van der Waals surface area contributed by atoms with Gasteiger partial charge in [-0.15, -0.1) is 0 Å². The average Bonchev–Trinajstić information content (AvgIpc) is 2.60. The molecule has 1 aliphatic heterocycles. The van der Waals surface area contributed by atoms with E-state index in [1.54, 1.807) is 31.2 Å². The molecule has 1 aromatic heterocycles. The van der Waals surface area contributed by atoms with Crippen molar-refractivity contribution in [2.24, 2.45) is 5.73 Å². The normalized spacial score (nSPS) is 15.8. The first kappa shape index (κ1) is 17.3. The summed E-state index contributed by atoms with van der Waals surface area (Å²) in [6.45, 7) is 1.76. The lowest BCUT2D eigenvalue weighted by atomic mass is 9.84. The number of H-pyrrole nitrogens is 2. The van der Waals surface area contributed by atoms with Gasteiger partial charge in [-0.3, -0.25) is 14.8 Å². The molecule has 1 unspecified atom stereocenters. The third-order valence-corrected chi connectivity index (χ3v) is 3.94. The number of hydrogen-bond acceptors (Lipinski definition) is 7. The lowest BCUT2D eigenvalue weighted by molar-refractivity contribution is -0.139. The van der Waals surface area contributed by atoms with Crippen LogP contribution in [0.4, 0.5) is 0 Å². The van der Waals surface area contributed by atoms with Crippen molar-refractivity contribution in [3.63, 3.8) is 0 Å². The molecular weight excluding hydrogens is 342 g/mol. The minimum absolute atomic E-state index is 0.0337. The fourth-order valence-corrected chi connectivity index (χ4v) is 2.91. The zero-order valence-corrected chi connectivity index (χ0v) is 14.1. The van der Waals surface area contributed by atoms with Gasteiger partial charge in [-0.25, -0.2) is 9.59 Å². The predicted octanol–water partition coefficient (Wildman–Crippen LogP) is 0.330. The molecule has 0 saturated heterocycles. The summed E-state index contributed by atoms with van der Waals surface area (Å²) in [5.74, 6) is -1.61. The van der Waals surface area contributed by atoms with Gasteiger partial charge in [0.2, 0.25) is 11.8 Å². The van der Waals surface area contributed by atoms with Gasteiger partial charge in [-0.1, -0.05) is 18.2 Å². The lowest BCUT2D eigenvalue weighted by Gasteiger charge is -2.27. The van der Waals surface area contributed by atoms with Gasteiger partial charge in [-0.05, 0) is 13.0 Å². The van der Waals surface area contributed by atoms with Crippen LogP contribution < -0.4 is 26.5 Å². The molecule has 0 saturated carbocycles. The van der Waals surface area contributed by atoms with Crippen molar-refractivity contribution in [2.45, 2.75) is 12.8 Å². The zero-order chi connectivity index (χ0) is 18.8. The molecule has 0 fully saturated rings. The Hall–Kier alpha value is -3.49. The standard InChI is InChI=1S/C17H17N3O6/c1-3-25-16(22)11-10(8-6-4-5-7-9(8)24-2)12-14(21)19-17(23)20-15(12)26-13(11)18/h4-7,10H,3,18H2,1-2H3,(H2,19,20,21,23). The van der Waals surface area contributed by atoms with Crippen molar-refractivity contribution in [1.82, 2.24) is 9.97 Å². The molecule has 0 aliphatic carbocycles. The monoisotopic (exact) mass is 359 g/mol. The highest BCUT2D eigenvalue weighted by Gasteiger charge is 2.39. The minimum Gasteiger partial charge on any atom is -0.496 e.